The molecule has 240 valence electrons. The number of para-hydroxylation sites is 1. The molecule has 1 aliphatic heterocycles. The zero-order valence-corrected chi connectivity index (χ0v) is 26.7. The van der Waals surface area contributed by atoms with Gasteiger partial charge in [0.2, 0.25) is 12.7 Å². The molecule has 0 spiro atoms. The van der Waals surface area contributed by atoms with E-state index in [0.717, 1.165) is 10.5 Å². The van der Waals surface area contributed by atoms with Crippen LogP contribution in [0.15, 0.2) is 138 Å². The van der Waals surface area contributed by atoms with Crippen molar-refractivity contribution in [3.8, 4) is 17.2 Å². The number of carbonyl (C=O) groups is 3. The Hall–Kier alpha value is -6.00. The van der Waals surface area contributed by atoms with E-state index >= 15 is 0 Å². The summed E-state index contributed by atoms with van der Waals surface area (Å²) in [6.45, 7) is 0.138. The van der Waals surface area contributed by atoms with Crippen LogP contribution in [-0.4, -0.2) is 31.6 Å². The third-order valence-corrected chi connectivity index (χ3v) is 8.54. The van der Waals surface area contributed by atoms with E-state index < -0.39 is 17.1 Å². The first-order chi connectivity index (χ1) is 23.5. The largest absolute Gasteiger partial charge is 0.496 e. The van der Waals surface area contributed by atoms with Crippen molar-refractivity contribution in [1.82, 2.24) is 5.32 Å². The molecule has 0 saturated carbocycles. The molecule has 1 aliphatic rings. The molecule has 0 bridgehead atoms. The maximum Gasteiger partial charge on any atom is 0.272 e. The molecule has 10 heteroatoms. The molecule has 1 atom stereocenters. The number of hydrogen-bond acceptors (Lipinski definition) is 7. The molecule has 1 unspecified atom stereocenters. The topological polar surface area (TPSA) is 115 Å². The Morgan fingerprint density at radius 3 is 2.25 bits per heavy atom. The molecule has 0 aromatic heterocycles. The normalized spacial score (nSPS) is 12.5. The van der Waals surface area contributed by atoms with Gasteiger partial charge in [0.05, 0.1) is 7.11 Å². The number of anilines is 2. The quantitative estimate of drug-likeness (QED) is 0.101. The van der Waals surface area contributed by atoms with E-state index in [0.29, 0.717) is 39.8 Å². The molecule has 6 rings (SSSR count). The SMILES string of the molecule is COc1ccccc1/C=C(/NC(=O)c1ccccc1)C(=O)Nc1cccc(SC(C(=O)Nc2ccc3c(c2)OCO3)c2ccccc2)c1. The number of amides is 3. The molecule has 9 nitrogen and oxygen atoms in total. The first kappa shape index (κ1) is 32.0. The number of rotatable bonds is 11. The van der Waals surface area contributed by atoms with Gasteiger partial charge < -0.3 is 30.2 Å². The minimum atomic E-state index is -0.617. The molecule has 3 N–H and O–H groups in total. The summed E-state index contributed by atoms with van der Waals surface area (Å²) in [6.07, 6.45) is 1.57. The summed E-state index contributed by atoms with van der Waals surface area (Å²) < 4.78 is 16.3. The number of fused-ring (bicyclic) bond motifs is 1. The number of methoxy groups -OCH3 is 1. The van der Waals surface area contributed by atoms with Crippen LogP contribution < -0.4 is 30.2 Å². The number of hydrogen-bond donors (Lipinski definition) is 3. The van der Waals surface area contributed by atoms with Crippen molar-refractivity contribution in [2.24, 2.45) is 0 Å². The van der Waals surface area contributed by atoms with Crippen molar-refractivity contribution in [1.29, 1.82) is 0 Å². The van der Waals surface area contributed by atoms with E-state index in [-0.39, 0.29) is 18.4 Å². The molecule has 48 heavy (non-hydrogen) atoms. The highest BCUT2D eigenvalue weighted by Crippen LogP contribution is 2.39. The molecule has 3 amide bonds. The Morgan fingerprint density at radius 2 is 1.46 bits per heavy atom. The van der Waals surface area contributed by atoms with Crippen LogP contribution in [0.4, 0.5) is 11.4 Å². The highest BCUT2D eigenvalue weighted by atomic mass is 32.2. The van der Waals surface area contributed by atoms with Crippen LogP contribution in [0.5, 0.6) is 17.2 Å². The second kappa shape index (κ2) is 15.1. The third kappa shape index (κ3) is 7.86. The summed E-state index contributed by atoms with van der Waals surface area (Å²) in [6, 6.07) is 37.7. The van der Waals surface area contributed by atoms with Crippen LogP contribution in [0.25, 0.3) is 6.08 Å². The Labute approximate surface area is 281 Å². The predicted molar refractivity (Wildman–Crippen MR) is 186 cm³/mol. The number of thioether (sulfide) groups is 1. The Morgan fingerprint density at radius 1 is 0.750 bits per heavy atom. The van der Waals surface area contributed by atoms with Crippen molar-refractivity contribution in [3.63, 3.8) is 0 Å². The van der Waals surface area contributed by atoms with Gasteiger partial charge in [-0.05, 0) is 60.2 Å². The molecular weight excluding hydrogens is 626 g/mol. The van der Waals surface area contributed by atoms with Crippen molar-refractivity contribution in [2.75, 3.05) is 24.5 Å². The van der Waals surface area contributed by atoms with E-state index in [2.05, 4.69) is 16.0 Å². The molecule has 0 aliphatic carbocycles. The van der Waals surface area contributed by atoms with Gasteiger partial charge >= 0.3 is 0 Å². The van der Waals surface area contributed by atoms with Gasteiger partial charge in [0, 0.05) is 33.5 Å². The predicted octanol–water partition coefficient (Wildman–Crippen LogP) is 7.31. The molecule has 5 aromatic carbocycles. The number of ether oxygens (including phenoxy) is 3. The van der Waals surface area contributed by atoms with Crippen LogP contribution >= 0.6 is 11.8 Å². The van der Waals surface area contributed by atoms with Crippen molar-refractivity contribution < 1.29 is 28.6 Å². The maximum atomic E-state index is 13.7. The van der Waals surface area contributed by atoms with Crippen LogP contribution in [0, 0.1) is 0 Å². The van der Waals surface area contributed by atoms with Gasteiger partial charge in [0.25, 0.3) is 11.8 Å². The Balaban J connectivity index is 1.23. The molecule has 0 fully saturated rings. The first-order valence-electron chi connectivity index (χ1n) is 15.0. The van der Waals surface area contributed by atoms with Gasteiger partial charge in [-0.3, -0.25) is 14.4 Å². The standard InChI is InChI=1S/C38H31N3O6S/c1-45-32-18-9-8-15-27(32)21-31(41-36(42)26-13-6-3-7-14-26)37(43)39-28-16-10-17-30(22-28)48-35(25-11-4-2-5-12-25)38(44)40-29-19-20-33-34(23-29)47-24-46-33/h2-23,35H,24H2,1H3,(H,39,43)(H,40,44)(H,41,42)/b31-21+. The third-order valence-electron chi connectivity index (χ3n) is 7.29. The lowest BCUT2D eigenvalue weighted by atomic mass is 10.1. The lowest BCUT2D eigenvalue weighted by molar-refractivity contribution is -0.116. The van der Waals surface area contributed by atoms with Crippen molar-refractivity contribution >= 4 is 46.9 Å². The van der Waals surface area contributed by atoms with E-state index in [1.165, 1.54) is 18.9 Å². The van der Waals surface area contributed by atoms with Crippen LogP contribution in [-0.2, 0) is 9.59 Å². The van der Waals surface area contributed by atoms with Gasteiger partial charge in [-0.2, -0.15) is 0 Å². The smallest absolute Gasteiger partial charge is 0.272 e. The summed E-state index contributed by atoms with van der Waals surface area (Å²) >= 11 is 1.34. The van der Waals surface area contributed by atoms with Crippen LogP contribution in [0.3, 0.4) is 0 Å². The summed E-state index contributed by atoms with van der Waals surface area (Å²) in [5, 5.41) is 8.03. The molecule has 0 saturated heterocycles. The number of nitrogens with one attached hydrogen (secondary N) is 3. The fourth-order valence-electron chi connectivity index (χ4n) is 4.95. The molecule has 5 aromatic rings. The number of carbonyl (C=O) groups excluding carboxylic acids is 3. The lowest BCUT2D eigenvalue weighted by Crippen LogP contribution is -2.30. The highest BCUT2D eigenvalue weighted by Gasteiger charge is 2.24. The van der Waals surface area contributed by atoms with Crippen molar-refractivity contribution in [2.45, 2.75) is 10.1 Å². The summed E-state index contributed by atoms with van der Waals surface area (Å²) in [5.74, 6) is 0.537. The van der Waals surface area contributed by atoms with Gasteiger partial charge in [0.1, 0.15) is 16.7 Å². The Kier molecular flexibility index (Phi) is 10.0. The van der Waals surface area contributed by atoms with Gasteiger partial charge in [-0.15, -0.1) is 11.8 Å². The minimum Gasteiger partial charge on any atom is -0.496 e. The van der Waals surface area contributed by atoms with Gasteiger partial charge in [0.15, 0.2) is 11.5 Å². The second-order valence-electron chi connectivity index (χ2n) is 10.6. The van der Waals surface area contributed by atoms with Gasteiger partial charge in [-0.25, -0.2) is 0 Å². The van der Waals surface area contributed by atoms with Gasteiger partial charge in [-0.1, -0.05) is 72.8 Å². The average Bonchev–Trinajstić information content (AvgIpc) is 3.59. The zero-order chi connectivity index (χ0) is 33.3. The summed E-state index contributed by atoms with van der Waals surface area (Å²) in [4.78, 5) is 41.2. The minimum absolute atomic E-state index is 0.0247. The fourth-order valence-corrected chi connectivity index (χ4v) is 6.03. The molecule has 0 radical (unpaired) electrons. The Bertz CT molecular complexity index is 1970. The lowest BCUT2D eigenvalue weighted by Gasteiger charge is -2.18. The van der Waals surface area contributed by atoms with E-state index in [1.807, 2.05) is 54.6 Å². The summed E-state index contributed by atoms with van der Waals surface area (Å²) in [7, 11) is 1.54. The monoisotopic (exact) mass is 657 g/mol. The highest BCUT2D eigenvalue weighted by molar-refractivity contribution is 8.00. The van der Waals surface area contributed by atoms with Crippen LogP contribution in [0.1, 0.15) is 26.7 Å². The maximum absolute atomic E-state index is 13.7. The zero-order valence-electron chi connectivity index (χ0n) is 25.8. The fraction of sp³-hybridized carbons (Fsp3) is 0.0789. The van der Waals surface area contributed by atoms with E-state index in [4.69, 9.17) is 14.2 Å². The first-order valence-corrected chi connectivity index (χ1v) is 15.9. The summed E-state index contributed by atoms with van der Waals surface area (Å²) in [5.41, 5.74) is 2.91. The van der Waals surface area contributed by atoms with Crippen LogP contribution in [0.2, 0.25) is 0 Å². The molecule has 1 heterocycles. The van der Waals surface area contributed by atoms with Crippen molar-refractivity contribution in [3.05, 3.63) is 150 Å². The van der Waals surface area contributed by atoms with E-state index in [1.54, 1.807) is 78.9 Å². The number of benzene rings is 5. The molecular formula is C38H31N3O6S. The van der Waals surface area contributed by atoms with E-state index in [9.17, 15) is 14.4 Å². The average molecular weight is 658 g/mol. The second-order valence-corrected chi connectivity index (χ2v) is 11.7.